The molecule has 0 unspecified atom stereocenters. The third-order valence-corrected chi connectivity index (χ3v) is 3.40. The Hall–Kier alpha value is -1.75. The first-order valence-corrected chi connectivity index (χ1v) is 8.20. The fraction of sp³-hybridized carbons (Fsp3) is 0.611. The molecule has 5 nitrogen and oxygen atoms in total. The normalized spacial score (nSPS) is 15.5. The smallest absolute Gasteiger partial charge is 0.410 e. The molecule has 1 aliphatic rings. The first-order chi connectivity index (χ1) is 10.7. The van der Waals surface area contributed by atoms with Gasteiger partial charge in [-0.3, -0.25) is 0 Å². The van der Waals surface area contributed by atoms with E-state index in [1.807, 2.05) is 46.8 Å². The highest BCUT2D eigenvalue weighted by atomic mass is 16.6. The molecule has 1 fully saturated rings. The summed E-state index contributed by atoms with van der Waals surface area (Å²) in [5, 5.41) is 3.46. The lowest BCUT2D eigenvalue weighted by Crippen LogP contribution is -2.60. The van der Waals surface area contributed by atoms with Crippen molar-refractivity contribution in [2.45, 2.75) is 58.9 Å². The summed E-state index contributed by atoms with van der Waals surface area (Å²) in [5.41, 5.74) is 0.741. The van der Waals surface area contributed by atoms with E-state index in [0.717, 1.165) is 12.3 Å². The van der Waals surface area contributed by atoms with Gasteiger partial charge < -0.3 is 19.7 Å². The summed E-state index contributed by atoms with van der Waals surface area (Å²) in [4.78, 5) is 13.6. The molecule has 0 aliphatic carbocycles. The van der Waals surface area contributed by atoms with Gasteiger partial charge in [-0.1, -0.05) is 12.1 Å². The molecule has 1 N–H and O–H groups in total. The van der Waals surface area contributed by atoms with Crippen molar-refractivity contribution >= 4 is 6.09 Å². The maximum atomic E-state index is 11.9. The Balaban J connectivity index is 1.73. The van der Waals surface area contributed by atoms with Crippen LogP contribution < -0.4 is 10.1 Å². The van der Waals surface area contributed by atoms with Crippen LogP contribution in [0.5, 0.6) is 5.75 Å². The van der Waals surface area contributed by atoms with Crippen LogP contribution in [0.2, 0.25) is 0 Å². The quantitative estimate of drug-likeness (QED) is 0.905. The number of likely N-dealkylation sites (tertiary alicyclic amines) is 1. The number of nitrogens with zero attached hydrogens (tertiary/aromatic N) is 1. The molecular formula is C18H28N2O3. The van der Waals surface area contributed by atoms with E-state index in [1.165, 1.54) is 5.56 Å². The molecule has 2 rings (SSSR count). The summed E-state index contributed by atoms with van der Waals surface area (Å²) in [7, 11) is 0. The van der Waals surface area contributed by atoms with Crippen LogP contribution in [0.25, 0.3) is 0 Å². The third kappa shape index (κ3) is 5.75. The number of benzene rings is 1. The Labute approximate surface area is 139 Å². The largest absolute Gasteiger partial charge is 0.491 e. The minimum atomic E-state index is -0.438. The average Bonchev–Trinajstić information content (AvgIpc) is 2.34. The van der Waals surface area contributed by atoms with E-state index in [2.05, 4.69) is 17.4 Å². The topological polar surface area (TPSA) is 50.8 Å². The fourth-order valence-electron chi connectivity index (χ4n) is 2.35. The molecular weight excluding hydrogens is 292 g/mol. The lowest BCUT2D eigenvalue weighted by molar-refractivity contribution is 0.00519. The Morgan fingerprint density at radius 2 is 2.04 bits per heavy atom. The average molecular weight is 320 g/mol. The first-order valence-electron chi connectivity index (χ1n) is 8.20. The molecule has 1 amide bonds. The van der Waals surface area contributed by atoms with Crippen LogP contribution in [0.3, 0.4) is 0 Å². The molecule has 5 heteroatoms. The Bertz CT molecular complexity index is 531. The second-order valence-corrected chi connectivity index (χ2v) is 7.28. The molecule has 0 radical (unpaired) electrons. The van der Waals surface area contributed by atoms with Crippen LogP contribution in [0.15, 0.2) is 24.3 Å². The van der Waals surface area contributed by atoms with E-state index < -0.39 is 5.60 Å². The van der Waals surface area contributed by atoms with Crippen LogP contribution in [0.1, 0.15) is 40.2 Å². The Morgan fingerprint density at radius 3 is 2.65 bits per heavy atom. The SMILES string of the molecule is CC(C)Oc1cccc(CNC2CN(C(=O)OC(C)(C)C)C2)c1. The molecule has 0 saturated carbocycles. The molecule has 23 heavy (non-hydrogen) atoms. The van der Waals surface area contributed by atoms with Gasteiger partial charge in [-0.25, -0.2) is 4.79 Å². The van der Waals surface area contributed by atoms with Gasteiger partial charge in [0.25, 0.3) is 0 Å². The van der Waals surface area contributed by atoms with Crippen molar-refractivity contribution in [3.05, 3.63) is 29.8 Å². The predicted octanol–water partition coefficient (Wildman–Crippen LogP) is 3.18. The third-order valence-electron chi connectivity index (χ3n) is 3.40. The first kappa shape index (κ1) is 17.6. The molecule has 0 atom stereocenters. The van der Waals surface area contributed by atoms with E-state index in [4.69, 9.17) is 9.47 Å². The molecule has 1 saturated heterocycles. The lowest BCUT2D eigenvalue weighted by atomic mass is 10.1. The van der Waals surface area contributed by atoms with Crippen LogP contribution in [0, 0.1) is 0 Å². The summed E-state index contributed by atoms with van der Waals surface area (Å²) in [6.45, 7) is 11.8. The Morgan fingerprint density at radius 1 is 1.35 bits per heavy atom. The van der Waals surface area contributed by atoms with Crippen molar-refractivity contribution in [1.82, 2.24) is 10.2 Å². The van der Waals surface area contributed by atoms with E-state index in [0.29, 0.717) is 19.1 Å². The van der Waals surface area contributed by atoms with Gasteiger partial charge in [-0.15, -0.1) is 0 Å². The zero-order valence-corrected chi connectivity index (χ0v) is 14.8. The van der Waals surface area contributed by atoms with E-state index >= 15 is 0 Å². The zero-order valence-electron chi connectivity index (χ0n) is 14.8. The minimum absolute atomic E-state index is 0.173. The minimum Gasteiger partial charge on any atom is -0.491 e. The predicted molar refractivity (Wildman–Crippen MR) is 90.6 cm³/mol. The molecule has 0 spiro atoms. The highest BCUT2D eigenvalue weighted by molar-refractivity contribution is 5.69. The van der Waals surface area contributed by atoms with Crippen molar-refractivity contribution in [2.75, 3.05) is 13.1 Å². The number of amides is 1. The van der Waals surface area contributed by atoms with Crippen LogP contribution in [-0.4, -0.2) is 41.8 Å². The van der Waals surface area contributed by atoms with Crippen molar-refractivity contribution in [2.24, 2.45) is 0 Å². The highest BCUT2D eigenvalue weighted by Crippen LogP contribution is 2.17. The summed E-state index contributed by atoms with van der Waals surface area (Å²) >= 11 is 0. The van der Waals surface area contributed by atoms with Gasteiger partial charge in [0.05, 0.1) is 6.10 Å². The molecule has 0 bridgehead atoms. The number of hydrogen-bond donors (Lipinski definition) is 1. The molecule has 1 aromatic rings. The van der Waals surface area contributed by atoms with Crippen LogP contribution >= 0.6 is 0 Å². The molecule has 128 valence electrons. The van der Waals surface area contributed by atoms with Crippen LogP contribution in [-0.2, 0) is 11.3 Å². The maximum Gasteiger partial charge on any atom is 0.410 e. The van der Waals surface area contributed by atoms with Gasteiger partial charge in [-0.2, -0.15) is 0 Å². The molecule has 1 heterocycles. The number of carbonyl (C=O) groups is 1. The summed E-state index contributed by atoms with van der Waals surface area (Å²) in [6.07, 6.45) is -0.0601. The second-order valence-electron chi connectivity index (χ2n) is 7.28. The monoisotopic (exact) mass is 320 g/mol. The highest BCUT2D eigenvalue weighted by Gasteiger charge is 2.33. The number of hydrogen-bond acceptors (Lipinski definition) is 4. The number of ether oxygens (including phenoxy) is 2. The fourth-order valence-corrected chi connectivity index (χ4v) is 2.35. The van der Waals surface area contributed by atoms with E-state index in [1.54, 1.807) is 4.90 Å². The van der Waals surface area contributed by atoms with Gasteiger partial charge in [-0.05, 0) is 52.3 Å². The second kappa shape index (κ2) is 7.21. The van der Waals surface area contributed by atoms with Crippen molar-refractivity contribution in [3.8, 4) is 5.75 Å². The van der Waals surface area contributed by atoms with Gasteiger partial charge >= 0.3 is 6.09 Å². The summed E-state index contributed by atoms with van der Waals surface area (Å²) in [5.74, 6) is 0.892. The lowest BCUT2D eigenvalue weighted by Gasteiger charge is -2.40. The van der Waals surface area contributed by atoms with E-state index in [-0.39, 0.29) is 12.2 Å². The van der Waals surface area contributed by atoms with Gasteiger partial charge in [0.15, 0.2) is 0 Å². The van der Waals surface area contributed by atoms with Crippen LogP contribution in [0.4, 0.5) is 4.79 Å². The molecule has 1 aromatic carbocycles. The van der Waals surface area contributed by atoms with Crippen molar-refractivity contribution in [1.29, 1.82) is 0 Å². The van der Waals surface area contributed by atoms with Gasteiger partial charge in [0.2, 0.25) is 0 Å². The maximum absolute atomic E-state index is 11.9. The molecule has 1 aliphatic heterocycles. The van der Waals surface area contributed by atoms with Gasteiger partial charge in [0.1, 0.15) is 11.4 Å². The Kier molecular flexibility index (Phi) is 5.52. The zero-order chi connectivity index (χ0) is 17.0. The van der Waals surface area contributed by atoms with Crippen molar-refractivity contribution in [3.63, 3.8) is 0 Å². The number of nitrogens with one attached hydrogen (secondary N) is 1. The standard InChI is InChI=1S/C18H28N2O3/c1-13(2)22-16-8-6-7-14(9-16)10-19-15-11-20(12-15)17(21)23-18(3,4)5/h6-9,13,15,19H,10-12H2,1-5H3. The number of rotatable bonds is 5. The molecule has 0 aromatic heterocycles. The summed E-state index contributed by atoms with van der Waals surface area (Å²) in [6, 6.07) is 8.42. The summed E-state index contributed by atoms with van der Waals surface area (Å²) < 4.78 is 11.0. The number of carbonyl (C=O) groups excluding carboxylic acids is 1. The van der Waals surface area contributed by atoms with Gasteiger partial charge in [0, 0.05) is 25.7 Å². The van der Waals surface area contributed by atoms with E-state index in [9.17, 15) is 4.79 Å². The van der Waals surface area contributed by atoms with Crippen molar-refractivity contribution < 1.29 is 14.3 Å².